The number of amides is 1. The van der Waals surface area contributed by atoms with Crippen LogP contribution in [0.25, 0.3) is 0 Å². The van der Waals surface area contributed by atoms with Crippen LogP contribution in [0, 0.1) is 0 Å². The molecule has 1 amide bonds. The first-order chi connectivity index (χ1) is 13.2. The molecule has 1 saturated carbocycles. The van der Waals surface area contributed by atoms with Crippen LogP contribution in [-0.2, 0) is 17.9 Å². The van der Waals surface area contributed by atoms with E-state index in [1.54, 1.807) is 4.57 Å². The fraction of sp³-hybridized carbons (Fsp3) is 0.450. The predicted octanol–water partition coefficient (Wildman–Crippen LogP) is 3.45. The average molecular weight is 385 g/mol. The van der Waals surface area contributed by atoms with Crippen molar-refractivity contribution >= 4 is 23.4 Å². The van der Waals surface area contributed by atoms with E-state index in [4.69, 9.17) is 4.74 Å². The highest BCUT2D eigenvalue weighted by Gasteiger charge is 2.20. The van der Waals surface area contributed by atoms with Gasteiger partial charge in [-0.3, -0.25) is 14.2 Å². The minimum atomic E-state index is -0.426. The highest BCUT2D eigenvalue weighted by Crippen LogP contribution is 2.23. The third-order valence-corrected chi connectivity index (χ3v) is 5.99. The molecule has 142 valence electrons. The number of carbonyl (C=O) groups is 1. The second kappa shape index (κ2) is 8.27. The van der Waals surface area contributed by atoms with Crippen LogP contribution < -0.4 is 10.9 Å². The van der Waals surface area contributed by atoms with Crippen LogP contribution in [0.1, 0.15) is 48.0 Å². The molecule has 1 aromatic carbocycles. The molecule has 7 heteroatoms. The largest absolute Gasteiger partial charge is 0.374 e. The number of fused-ring (bicyclic) bond motifs is 1. The number of rotatable bonds is 5. The summed E-state index contributed by atoms with van der Waals surface area (Å²) in [6.07, 6.45) is 7.75. The molecular weight excluding hydrogens is 362 g/mol. The number of nitrogens with zero attached hydrogens (tertiary/aromatic N) is 2. The number of hydrogen-bond donors (Lipinski definition) is 1. The van der Waals surface area contributed by atoms with Crippen molar-refractivity contribution in [2.75, 3.05) is 11.1 Å². The molecular formula is C20H23N3O3S. The van der Waals surface area contributed by atoms with E-state index < -0.39 is 5.91 Å². The van der Waals surface area contributed by atoms with Gasteiger partial charge in [-0.2, -0.15) is 0 Å². The lowest BCUT2D eigenvalue weighted by Gasteiger charge is -2.22. The number of thioether (sulfide) groups is 1. The fourth-order valence-corrected chi connectivity index (χ4v) is 4.47. The van der Waals surface area contributed by atoms with Gasteiger partial charge in [-0.15, -0.1) is 0 Å². The van der Waals surface area contributed by atoms with Gasteiger partial charge < -0.3 is 10.1 Å². The highest BCUT2D eigenvalue weighted by atomic mass is 32.2. The summed E-state index contributed by atoms with van der Waals surface area (Å²) >= 11 is 1.53. The molecule has 2 heterocycles. The molecule has 0 spiro atoms. The van der Waals surface area contributed by atoms with Gasteiger partial charge in [0.25, 0.3) is 11.5 Å². The molecule has 0 atom stereocenters. The molecule has 0 bridgehead atoms. The summed E-state index contributed by atoms with van der Waals surface area (Å²) in [6.45, 7) is 1.13. The molecule has 1 aliphatic heterocycles. The number of benzene rings is 1. The Morgan fingerprint density at radius 2 is 2.15 bits per heavy atom. The Hall–Kier alpha value is -2.12. The maximum absolute atomic E-state index is 12.5. The molecule has 0 unspecified atom stereocenters. The van der Waals surface area contributed by atoms with Gasteiger partial charge in [0.15, 0.2) is 5.16 Å². The van der Waals surface area contributed by atoms with E-state index in [2.05, 4.69) is 10.3 Å². The molecule has 1 aromatic heterocycles. The van der Waals surface area contributed by atoms with Crippen LogP contribution >= 0.6 is 11.8 Å². The molecule has 1 N–H and O–H groups in total. The van der Waals surface area contributed by atoms with E-state index in [0.29, 0.717) is 30.1 Å². The number of anilines is 1. The Morgan fingerprint density at radius 1 is 1.30 bits per heavy atom. The van der Waals surface area contributed by atoms with E-state index in [9.17, 15) is 9.59 Å². The summed E-state index contributed by atoms with van der Waals surface area (Å²) in [5, 5.41) is 3.49. The van der Waals surface area contributed by atoms with Gasteiger partial charge in [0.2, 0.25) is 0 Å². The molecule has 0 saturated heterocycles. The summed E-state index contributed by atoms with van der Waals surface area (Å²) in [5.41, 5.74) is 1.46. The summed E-state index contributed by atoms with van der Waals surface area (Å²) in [7, 11) is 0. The second-order valence-electron chi connectivity index (χ2n) is 6.99. The zero-order chi connectivity index (χ0) is 18.6. The van der Waals surface area contributed by atoms with Crippen LogP contribution in [0.2, 0.25) is 0 Å². The second-order valence-corrected chi connectivity index (χ2v) is 8.05. The molecule has 2 aromatic rings. The van der Waals surface area contributed by atoms with Crippen LogP contribution in [0.5, 0.6) is 0 Å². The van der Waals surface area contributed by atoms with Gasteiger partial charge in [0.1, 0.15) is 5.56 Å². The van der Waals surface area contributed by atoms with Crippen molar-refractivity contribution in [1.82, 2.24) is 9.55 Å². The Bertz CT molecular complexity index is 890. The molecule has 1 fully saturated rings. The minimum absolute atomic E-state index is 0.0742. The predicted molar refractivity (Wildman–Crippen MR) is 105 cm³/mol. The third-order valence-electron chi connectivity index (χ3n) is 5.02. The Kier molecular flexibility index (Phi) is 5.59. The number of hydrogen-bond acceptors (Lipinski definition) is 5. The quantitative estimate of drug-likeness (QED) is 0.798. The van der Waals surface area contributed by atoms with Crippen molar-refractivity contribution in [3.05, 3.63) is 51.9 Å². The first kappa shape index (κ1) is 18.3. The van der Waals surface area contributed by atoms with Crippen molar-refractivity contribution < 1.29 is 9.53 Å². The van der Waals surface area contributed by atoms with E-state index in [1.807, 2.05) is 24.3 Å². The molecule has 4 rings (SSSR count). The Morgan fingerprint density at radius 3 is 3.00 bits per heavy atom. The van der Waals surface area contributed by atoms with Crippen molar-refractivity contribution in [1.29, 1.82) is 0 Å². The zero-order valence-corrected chi connectivity index (χ0v) is 16.0. The topological polar surface area (TPSA) is 73.2 Å². The maximum atomic E-state index is 12.5. The number of aromatic nitrogens is 2. The Labute approximate surface area is 162 Å². The van der Waals surface area contributed by atoms with Crippen LogP contribution in [0.4, 0.5) is 5.69 Å². The summed E-state index contributed by atoms with van der Waals surface area (Å²) in [5.74, 6) is 0.390. The standard InChI is InChI=1S/C20H23N3O3S/c24-18(17-12-21-20-23(19(17)25)9-10-27-20)22-15-6-4-5-14(11-15)13-26-16-7-2-1-3-8-16/h4-6,11-12,16H,1-3,7-10,13H2,(H,22,24). The van der Waals surface area contributed by atoms with Gasteiger partial charge >= 0.3 is 0 Å². The normalized spacial score (nSPS) is 16.9. The van der Waals surface area contributed by atoms with Gasteiger partial charge in [0.05, 0.1) is 12.7 Å². The van der Waals surface area contributed by atoms with Gasteiger partial charge in [-0.25, -0.2) is 4.98 Å². The zero-order valence-electron chi connectivity index (χ0n) is 15.1. The van der Waals surface area contributed by atoms with E-state index in [1.165, 1.54) is 37.2 Å². The van der Waals surface area contributed by atoms with Crippen molar-refractivity contribution in [3.63, 3.8) is 0 Å². The fourth-order valence-electron chi connectivity index (χ4n) is 3.56. The summed E-state index contributed by atoms with van der Waals surface area (Å²) in [4.78, 5) is 29.2. The summed E-state index contributed by atoms with van der Waals surface area (Å²) < 4.78 is 7.57. The Balaban J connectivity index is 1.42. The summed E-state index contributed by atoms with van der Waals surface area (Å²) in [6, 6.07) is 7.59. The number of nitrogens with one attached hydrogen (secondary N) is 1. The first-order valence-electron chi connectivity index (χ1n) is 9.45. The number of carbonyl (C=O) groups excluding carboxylic acids is 1. The SMILES string of the molecule is O=C(Nc1cccc(COC2CCCCC2)c1)c1cnc2n(c1=O)CCS2. The van der Waals surface area contributed by atoms with E-state index in [0.717, 1.165) is 24.2 Å². The molecule has 1 aliphatic carbocycles. The van der Waals surface area contributed by atoms with Crippen LogP contribution in [0.15, 0.2) is 40.4 Å². The van der Waals surface area contributed by atoms with Crippen LogP contribution in [-0.4, -0.2) is 27.3 Å². The van der Waals surface area contributed by atoms with E-state index >= 15 is 0 Å². The van der Waals surface area contributed by atoms with Crippen molar-refractivity contribution in [2.45, 2.75) is 56.5 Å². The smallest absolute Gasteiger partial charge is 0.267 e. The highest BCUT2D eigenvalue weighted by molar-refractivity contribution is 7.99. The van der Waals surface area contributed by atoms with Gasteiger partial charge in [-0.05, 0) is 30.5 Å². The molecule has 27 heavy (non-hydrogen) atoms. The lowest BCUT2D eigenvalue weighted by Crippen LogP contribution is -2.29. The lowest BCUT2D eigenvalue weighted by atomic mass is 9.98. The molecule has 6 nitrogen and oxygen atoms in total. The maximum Gasteiger partial charge on any atom is 0.267 e. The molecule has 0 radical (unpaired) electrons. The molecule has 2 aliphatic rings. The van der Waals surface area contributed by atoms with Crippen LogP contribution in [0.3, 0.4) is 0 Å². The lowest BCUT2D eigenvalue weighted by molar-refractivity contribution is 0.0169. The van der Waals surface area contributed by atoms with Crippen molar-refractivity contribution in [3.8, 4) is 0 Å². The monoisotopic (exact) mass is 385 g/mol. The average Bonchev–Trinajstić information content (AvgIpc) is 3.17. The van der Waals surface area contributed by atoms with Gasteiger partial charge in [-0.1, -0.05) is 43.2 Å². The minimum Gasteiger partial charge on any atom is -0.374 e. The third kappa shape index (κ3) is 4.25. The first-order valence-corrected chi connectivity index (χ1v) is 10.4. The van der Waals surface area contributed by atoms with Crippen molar-refractivity contribution in [2.24, 2.45) is 0 Å². The van der Waals surface area contributed by atoms with Gasteiger partial charge in [0, 0.05) is 24.2 Å². The number of ether oxygens (including phenoxy) is 1. The van der Waals surface area contributed by atoms with E-state index in [-0.39, 0.29) is 11.1 Å².